The average Bonchev–Trinajstić information content (AvgIpc) is 2.41. The molecule has 1 amide bonds. The summed E-state index contributed by atoms with van der Waals surface area (Å²) >= 11 is 7.55. The first-order chi connectivity index (χ1) is 9.63. The summed E-state index contributed by atoms with van der Waals surface area (Å²) in [5.74, 6) is 0.955. The van der Waals surface area contributed by atoms with Crippen LogP contribution in [0.3, 0.4) is 0 Å². The third kappa shape index (κ3) is 4.40. The summed E-state index contributed by atoms with van der Waals surface area (Å²) < 4.78 is 0. The zero-order valence-electron chi connectivity index (χ0n) is 11.4. The topological polar surface area (TPSA) is 49.3 Å². The third-order valence-electron chi connectivity index (χ3n) is 3.65. The summed E-state index contributed by atoms with van der Waals surface area (Å²) in [4.78, 5) is 13.0. The molecular weight excluding hydrogens is 294 g/mol. The van der Waals surface area contributed by atoms with Crippen molar-refractivity contribution in [3.8, 4) is 0 Å². The van der Waals surface area contributed by atoms with Crippen LogP contribution in [0, 0.1) is 0 Å². The van der Waals surface area contributed by atoms with E-state index in [1.54, 1.807) is 11.8 Å². The van der Waals surface area contributed by atoms with Gasteiger partial charge in [0.2, 0.25) is 5.91 Å². The van der Waals surface area contributed by atoms with E-state index in [9.17, 15) is 9.90 Å². The zero-order chi connectivity index (χ0) is 14.4. The molecule has 20 heavy (non-hydrogen) atoms. The van der Waals surface area contributed by atoms with Gasteiger partial charge in [0.15, 0.2) is 0 Å². The van der Waals surface area contributed by atoms with Gasteiger partial charge in [0.25, 0.3) is 0 Å². The predicted molar refractivity (Wildman–Crippen MR) is 83.2 cm³/mol. The minimum atomic E-state index is -0.319. The van der Waals surface area contributed by atoms with Gasteiger partial charge in [0, 0.05) is 16.3 Å². The van der Waals surface area contributed by atoms with E-state index in [2.05, 4.69) is 5.32 Å². The van der Waals surface area contributed by atoms with Crippen LogP contribution < -0.4 is 5.32 Å². The Balaban J connectivity index is 1.63. The Morgan fingerprint density at radius 2 is 2.05 bits per heavy atom. The lowest BCUT2D eigenvalue weighted by Crippen LogP contribution is -2.56. The molecule has 0 atom stereocenters. The second kappa shape index (κ2) is 7.34. The molecule has 2 N–H and O–H groups in total. The summed E-state index contributed by atoms with van der Waals surface area (Å²) in [6.45, 7) is 0.0538. The van der Waals surface area contributed by atoms with Crippen LogP contribution in [-0.2, 0) is 4.79 Å². The first-order valence-corrected chi connectivity index (χ1v) is 8.30. The number of aliphatic hydroxyl groups is 1. The van der Waals surface area contributed by atoms with Crippen LogP contribution in [0.2, 0.25) is 5.02 Å². The van der Waals surface area contributed by atoms with Crippen LogP contribution >= 0.6 is 23.4 Å². The van der Waals surface area contributed by atoms with Crippen molar-refractivity contribution in [1.82, 2.24) is 5.32 Å². The number of amides is 1. The predicted octanol–water partition coefficient (Wildman–Crippen LogP) is 3.24. The van der Waals surface area contributed by atoms with Gasteiger partial charge in [0.1, 0.15) is 0 Å². The van der Waals surface area contributed by atoms with Crippen LogP contribution in [0.4, 0.5) is 0 Å². The van der Waals surface area contributed by atoms with Crippen LogP contribution in [0.15, 0.2) is 29.2 Å². The normalized spacial score (nSPS) is 16.5. The van der Waals surface area contributed by atoms with Crippen LogP contribution in [-0.4, -0.2) is 28.9 Å². The Morgan fingerprint density at radius 3 is 2.60 bits per heavy atom. The summed E-state index contributed by atoms with van der Waals surface area (Å²) in [6, 6.07) is 7.72. The highest BCUT2D eigenvalue weighted by molar-refractivity contribution is 7.99. The second-order valence-electron chi connectivity index (χ2n) is 5.25. The third-order valence-corrected chi connectivity index (χ3v) is 5.00. The van der Waals surface area contributed by atoms with Gasteiger partial charge in [-0.3, -0.25) is 4.79 Å². The highest BCUT2D eigenvalue weighted by Crippen LogP contribution is 2.31. The smallest absolute Gasteiger partial charge is 0.220 e. The lowest BCUT2D eigenvalue weighted by atomic mass is 9.77. The molecule has 2 rings (SSSR count). The fraction of sp³-hybridized carbons (Fsp3) is 0.533. The molecule has 110 valence electrons. The Morgan fingerprint density at radius 1 is 1.35 bits per heavy atom. The largest absolute Gasteiger partial charge is 0.394 e. The molecule has 1 aromatic rings. The number of carbonyl (C=O) groups excluding carboxylic acids is 1. The van der Waals surface area contributed by atoms with Crippen molar-refractivity contribution in [1.29, 1.82) is 0 Å². The molecule has 0 unspecified atom stereocenters. The number of hydrogen-bond acceptors (Lipinski definition) is 3. The molecule has 0 aliphatic heterocycles. The van der Waals surface area contributed by atoms with E-state index in [1.807, 2.05) is 24.3 Å². The van der Waals surface area contributed by atoms with E-state index >= 15 is 0 Å². The molecule has 1 aliphatic carbocycles. The summed E-state index contributed by atoms with van der Waals surface area (Å²) in [7, 11) is 0. The number of rotatable bonds is 7. The number of nitrogens with one attached hydrogen (secondary N) is 1. The average molecular weight is 314 g/mol. The Labute approximate surface area is 129 Å². The van der Waals surface area contributed by atoms with Gasteiger partial charge in [-0.1, -0.05) is 11.6 Å². The number of carbonyl (C=O) groups is 1. The zero-order valence-corrected chi connectivity index (χ0v) is 13.0. The molecule has 3 nitrogen and oxygen atoms in total. The molecule has 0 spiro atoms. The van der Waals surface area contributed by atoms with Gasteiger partial charge < -0.3 is 10.4 Å². The molecule has 1 aromatic carbocycles. The highest BCUT2D eigenvalue weighted by atomic mass is 35.5. The van der Waals surface area contributed by atoms with Crippen LogP contribution in [0.25, 0.3) is 0 Å². The van der Waals surface area contributed by atoms with Crippen LogP contribution in [0.5, 0.6) is 0 Å². The van der Waals surface area contributed by atoms with Gasteiger partial charge in [0.05, 0.1) is 12.1 Å². The number of aliphatic hydroxyl groups excluding tert-OH is 1. The van der Waals surface area contributed by atoms with E-state index < -0.39 is 0 Å². The summed E-state index contributed by atoms with van der Waals surface area (Å²) in [5, 5.41) is 13.0. The van der Waals surface area contributed by atoms with Gasteiger partial charge in [-0.15, -0.1) is 11.8 Å². The van der Waals surface area contributed by atoms with Crippen molar-refractivity contribution in [2.24, 2.45) is 0 Å². The number of thioether (sulfide) groups is 1. The first kappa shape index (κ1) is 15.7. The molecule has 1 saturated carbocycles. The minimum Gasteiger partial charge on any atom is -0.394 e. The Hall–Kier alpha value is -0.710. The lowest BCUT2D eigenvalue weighted by Gasteiger charge is -2.41. The molecule has 0 aromatic heterocycles. The van der Waals surface area contributed by atoms with E-state index in [4.69, 9.17) is 11.6 Å². The molecule has 5 heteroatoms. The van der Waals surface area contributed by atoms with Crippen LogP contribution in [0.1, 0.15) is 32.1 Å². The van der Waals surface area contributed by atoms with Gasteiger partial charge >= 0.3 is 0 Å². The summed E-state index contributed by atoms with van der Waals surface area (Å²) in [5.41, 5.74) is -0.319. The summed E-state index contributed by atoms with van der Waals surface area (Å²) in [6.07, 6.45) is 4.24. The van der Waals surface area contributed by atoms with Gasteiger partial charge in [-0.2, -0.15) is 0 Å². The molecule has 0 bridgehead atoms. The number of halogens is 1. The maximum atomic E-state index is 11.8. The van der Waals surface area contributed by atoms with E-state index in [0.717, 1.165) is 36.5 Å². The minimum absolute atomic E-state index is 0.0513. The number of hydrogen-bond donors (Lipinski definition) is 2. The van der Waals surface area contributed by atoms with E-state index in [0.29, 0.717) is 6.42 Å². The molecule has 0 heterocycles. The van der Waals surface area contributed by atoms with Crippen molar-refractivity contribution < 1.29 is 9.90 Å². The second-order valence-corrected chi connectivity index (χ2v) is 6.85. The standard InChI is InChI=1S/C15H20ClNO2S/c16-12-4-6-13(7-5-12)20-10-1-3-14(19)17-15(11-18)8-2-9-15/h4-7,18H,1-3,8-11H2,(H,17,19). The SMILES string of the molecule is O=C(CCCSc1ccc(Cl)cc1)NC1(CO)CCC1. The van der Waals surface area contributed by atoms with Crippen molar-refractivity contribution in [3.63, 3.8) is 0 Å². The monoisotopic (exact) mass is 313 g/mol. The maximum absolute atomic E-state index is 11.8. The molecular formula is C15H20ClNO2S. The molecule has 1 aliphatic rings. The quantitative estimate of drug-likeness (QED) is 0.600. The Kier molecular flexibility index (Phi) is 5.75. The van der Waals surface area contributed by atoms with E-state index in [1.165, 1.54) is 4.90 Å². The van der Waals surface area contributed by atoms with Crippen molar-refractivity contribution in [2.45, 2.75) is 42.5 Å². The van der Waals surface area contributed by atoms with E-state index in [-0.39, 0.29) is 18.1 Å². The van der Waals surface area contributed by atoms with Crippen molar-refractivity contribution >= 4 is 29.3 Å². The van der Waals surface area contributed by atoms with Crippen molar-refractivity contribution in [3.05, 3.63) is 29.3 Å². The molecule has 0 saturated heterocycles. The highest BCUT2D eigenvalue weighted by Gasteiger charge is 2.37. The maximum Gasteiger partial charge on any atom is 0.220 e. The van der Waals surface area contributed by atoms with Gasteiger partial charge in [-0.25, -0.2) is 0 Å². The fourth-order valence-electron chi connectivity index (χ4n) is 2.24. The first-order valence-electron chi connectivity index (χ1n) is 6.94. The fourth-order valence-corrected chi connectivity index (χ4v) is 3.22. The van der Waals surface area contributed by atoms with Crippen molar-refractivity contribution in [2.75, 3.05) is 12.4 Å². The van der Waals surface area contributed by atoms with Gasteiger partial charge in [-0.05, 0) is 55.7 Å². The molecule has 1 fully saturated rings. The number of benzene rings is 1. The molecule has 0 radical (unpaired) electrons. The lowest BCUT2D eigenvalue weighted by molar-refractivity contribution is -0.125. The Bertz CT molecular complexity index is 440.